The van der Waals surface area contributed by atoms with Crippen LogP contribution in [0, 0.1) is 5.92 Å². The fourth-order valence-electron chi connectivity index (χ4n) is 2.36. The third-order valence-corrected chi connectivity index (χ3v) is 3.46. The van der Waals surface area contributed by atoms with E-state index in [2.05, 4.69) is 5.32 Å². The number of hydrogen-bond donors (Lipinski definition) is 1. The van der Waals surface area contributed by atoms with E-state index in [4.69, 9.17) is 4.74 Å². The normalized spacial score (nSPS) is 25.1. The first-order chi connectivity index (χ1) is 7.36. The maximum atomic E-state index is 11.9. The highest BCUT2D eigenvalue weighted by molar-refractivity contribution is 5.79. The van der Waals surface area contributed by atoms with Gasteiger partial charge in [-0.05, 0) is 12.8 Å². The minimum atomic E-state index is 0.269. The van der Waals surface area contributed by atoms with Crippen molar-refractivity contribution in [2.75, 3.05) is 13.2 Å². The first kappa shape index (κ1) is 10.9. The molecule has 1 saturated carbocycles. The Labute approximate surface area is 91.6 Å². The lowest BCUT2D eigenvalue weighted by Crippen LogP contribution is -2.50. The summed E-state index contributed by atoms with van der Waals surface area (Å²) in [4.78, 5) is 11.9. The van der Waals surface area contributed by atoms with E-state index in [1.165, 1.54) is 32.1 Å². The predicted octanol–water partition coefficient (Wildman–Crippen LogP) is 1.86. The third-order valence-electron chi connectivity index (χ3n) is 3.46. The van der Waals surface area contributed by atoms with Crippen molar-refractivity contribution in [3.8, 4) is 0 Å². The van der Waals surface area contributed by atoms with Crippen LogP contribution in [0.25, 0.3) is 0 Å². The standard InChI is InChI=1S/C12H21NO2/c14-12(13-11-8-15-9-11)10-6-4-2-1-3-5-7-10/h10-11H,1-9H2,(H,13,14). The molecule has 1 aliphatic carbocycles. The lowest BCUT2D eigenvalue weighted by molar-refractivity contribution is -0.129. The number of amides is 1. The molecule has 2 aliphatic rings. The molecule has 1 heterocycles. The minimum Gasteiger partial charge on any atom is -0.377 e. The molecule has 1 amide bonds. The van der Waals surface area contributed by atoms with E-state index in [0.717, 1.165) is 12.8 Å². The van der Waals surface area contributed by atoms with E-state index < -0.39 is 0 Å². The van der Waals surface area contributed by atoms with Crippen molar-refractivity contribution in [3.63, 3.8) is 0 Å². The predicted molar refractivity (Wildman–Crippen MR) is 58.6 cm³/mol. The van der Waals surface area contributed by atoms with E-state index in [1.807, 2.05) is 0 Å². The average molecular weight is 211 g/mol. The van der Waals surface area contributed by atoms with Crippen molar-refractivity contribution >= 4 is 5.91 Å². The van der Waals surface area contributed by atoms with Gasteiger partial charge in [0.2, 0.25) is 5.91 Å². The minimum absolute atomic E-state index is 0.269. The van der Waals surface area contributed by atoms with Crippen molar-refractivity contribution in [3.05, 3.63) is 0 Å². The summed E-state index contributed by atoms with van der Waals surface area (Å²) < 4.78 is 5.05. The molecule has 86 valence electrons. The lowest BCUT2D eigenvalue weighted by atomic mass is 9.90. The fraction of sp³-hybridized carbons (Fsp3) is 0.917. The number of carbonyl (C=O) groups excluding carboxylic acids is 1. The molecule has 0 bridgehead atoms. The van der Waals surface area contributed by atoms with Crippen LogP contribution in [0.2, 0.25) is 0 Å². The highest BCUT2D eigenvalue weighted by Crippen LogP contribution is 2.22. The first-order valence-corrected chi connectivity index (χ1v) is 6.24. The van der Waals surface area contributed by atoms with Crippen molar-refractivity contribution in [1.29, 1.82) is 0 Å². The smallest absolute Gasteiger partial charge is 0.223 e. The third kappa shape index (κ3) is 3.20. The highest BCUT2D eigenvalue weighted by atomic mass is 16.5. The number of nitrogens with one attached hydrogen (secondary N) is 1. The molecule has 0 aromatic heterocycles. The Morgan fingerprint density at radius 1 is 1.00 bits per heavy atom. The van der Waals surface area contributed by atoms with Crippen LogP contribution in [-0.4, -0.2) is 25.2 Å². The molecule has 3 heteroatoms. The van der Waals surface area contributed by atoms with Gasteiger partial charge in [-0.1, -0.05) is 32.1 Å². The van der Waals surface area contributed by atoms with Crippen molar-refractivity contribution in [2.45, 2.75) is 51.0 Å². The Kier molecular flexibility index (Phi) is 4.01. The molecule has 2 fully saturated rings. The molecule has 1 saturated heterocycles. The number of carbonyl (C=O) groups is 1. The molecule has 2 rings (SSSR count). The number of hydrogen-bond acceptors (Lipinski definition) is 2. The number of ether oxygens (including phenoxy) is 1. The molecule has 0 spiro atoms. The molecule has 1 aliphatic heterocycles. The average Bonchev–Trinajstić information content (AvgIpc) is 2.10. The fourth-order valence-corrected chi connectivity index (χ4v) is 2.36. The molecule has 0 unspecified atom stereocenters. The second kappa shape index (κ2) is 5.50. The summed E-state index contributed by atoms with van der Waals surface area (Å²) >= 11 is 0. The Morgan fingerprint density at radius 2 is 1.60 bits per heavy atom. The Hall–Kier alpha value is -0.570. The molecular formula is C12H21NO2. The van der Waals surface area contributed by atoms with Gasteiger partial charge in [-0.2, -0.15) is 0 Å². The summed E-state index contributed by atoms with van der Waals surface area (Å²) in [7, 11) is 0. The summed E-state index contributed by atoms with van der Waals surface area (Å²) in [5.41, 5.74) is 0. The zero-order valence-electron chi connectivity index (χ0n) is 9.34. The second-order valence-electron chi connectivity index (χ2n) is 4.79. The van der Waals surface area contributed by atoms with Gasteiger partial charge in [0.05, 0.1) is 19.3 Å². The van der Waals surface area contributed by atoms with E-state index in [0.29, 0.717) is 19.3 Å². The maximum absolute atomic E-state index is 11.9. The molecule has 0 aromatic carbocycles. The molecule has 0 aromatic rings. The molecule has 0 atom stereocenters. The van der Waals surface area contributed by atoms with Crippen LogP contribution in [-0.2, 0) is 9.53 Å². The van der Waals surface area contributed by atoms with Gasteiger partial charge in [0, 0.05) is 5.92 Å². The van der Waals surface area contributed by atoms with Gasteiger partial charge < -0.3 is 10.1 Å². The monoisotopic (exact) mass is 211 g/mol. The summed E-state index contributed by atoms with van der Waals surface area (Å²) in [6.45, 7) is 1.41. The largest absolute Gasteiger partial charge is 0.377 e. The quantitative estimate of drug-likeness (QED) is 0.757. The second-order valence-corrected chi connectivity index (χ2v) is 4.79. The van der Waals surface area contributed by atoms with Crippen LogP contribution in [0.5, 0.6) is 0 Å². The van der Waals surface area contributed by atoms with Crippen molar-refractivity contribution in [2.24, 2.45) is 5.92 Å². The maximum Gasteiger partial charge on any atom is 0.223 e. The number of rotatable bonds is 2. The van der Waals surface area contributed by atoms with Gasteiger partial charge in [0.1, 0.15) is 0 Å². The van der Waals surface area contributed by atoms with Crippen LogP contribution in [0.15, 0.2) is 0 Å². The van der Waals surface area contributed by atoms with Crippen LogP contribution in [0.4, 0.5) is 0 Å². The van der Waals surface area contributed by atoms with Crippen molar-refractivity contribution < 1.29 is 9.53 Å². The zero-order chi connectivity index (χ0) is 10.5. The molecular weight excluding hydrogens is 190 g/mol. The van der Waals surface area contributed by atoms with Crippen LogP contribution in [0.3, 0.4) is 0 Å². The van der Waals surface area contributed by atoms with Crippen LogP contribution < -0.4 is 5.32 Å². The first-order valence-electron chi connectivity index (χ1n) is 6.24. The van der Waals surface area contributed by atoms with Gasteiger partial charge in [0.15, 0.2) is 0 Å². The summed E-state index contributed by atoms with van der Waals surface area (Å²) in [5.74, 6) is 0.538. The van der Waals surface area contributed by atoms with E-state index in [-0.39, 0.29) is 11.8 Å². The van der Waals surface area contributed by atoms with Crippen molar-refractivity contribution in [1.82, 2.24) is 5.32 Å². The highest BCUT2D eigenvalue weighted by Gasteiger charge is 2.25. The molecule has 3 nitrogen and oxygen atoms in total. The van der Waals surface area contributed by atoms with Gasteiger partial charge in [-0.3, -0.25) is 4.79 Å². The van der Waals surface area contributed by atoms with E-state index in [1.54, 1.807) is 0 Å². The molecule has 0 radical (unpaired) electrons. The molecule has 1 N–H and O–H groups in total. The summed E-state index contributed by atoms with van der Waals surface area (Å²) in [6.07, 6.45) is 8.56. The van der Waals surface area contributed by atoms with Crippen LogP contribution in [0.1, 0.15) is 44.9 Å². The van der Waals surface area contributed by atoms with E-state index >= 15 is 0 Å². The summed E-state index contributed by atoms with van der Waals surface area (Å²) in [6, 6.07) is 0.294. The Balaban J connectivity index is 1.75. The summed E-state index contributed by atoms with van der Waals surface area (Å²) in [5, 5.41) is 3.07. The lowest BCUT2D eigenvalue weighted by Gasteiger charge is -2.29. The van der Waals surface area contributed by atoms with Crippen LogP contribution >= 0.6 is 0 Å². The molecule has 15 heavy (non-hydrogen) atoms. The van der Waals surface area contributed by atoms with Gasteiger partial charge in [0.25, 0.3) is 0 Å². The van der Waals surface area contributed by atoms with Gasteiger partial charge in [-0.25, -0.2) is 0 Å². The van der Waals surface area contributed by atoms with Gasteiger partial charge in [-0.15, -0.1) is 0 Å². The Bertz CT molecular complexity index is 206. The zero-order valence-corrected chi connectivity index (χ0v) is 9.34. The van der Waals surface area contributed by atoms with E-state index in [9.17, 15) is 4.79 Å². The topological polar surface area (TPSA) is 38.3 Å². The van der Waals surface area contributed by atoms with Gasteiger partial charge >= 0.3 is 0 Å². The SMILES string of the molecule is O=C(NC1COC1)C1CCCCCCC1. The Morgan fingerprint density at radius 3 is 2.13 bits per heavy atom.